The maximum atomic E-state index is 2.44. The van der Waals surface area contributed by atoms with Gasteiger partial charge >= 0.3 is 0 Å². The number of nitrogens with zero attached hydrogens (tertiary/aromatic N) is 1. The molecule has 3 aromatic rings. The van der Waals surface area contributed by atoms with Crippen LogP contribution in [-0.2, 0) is 18.9 Å². The van der Waals surface area contributed by atoms with Crippen LogP contribution in [-0.4, -0.2) is 0 Å². The van der Waals surface area contributed by atoms with Crippen LogP contribution in [0.3, 0.4) is 0 Å². The van der Waals surface area contributed by atoms with Gasteiger partial charge in [0.25, 0.3) is 0 Å². The fourth-order valence-corrected chi connectivity index (χ4v) is 4.54. The Morgan fingerprint density at radius 1 is 0.920 bits per heavy atom. The lowest BCUT2D eigenvalue weighted by Crippen LogP contribution is -2.30. The summed E-state index contributed by atoms with van der Waals surface area (Å²) < 4.78 is 2.23. The van der Waals surface area contributed by atoms with Crippen LogP contribution < -0.4 is 4.57 Å². The summed E-state index contributed by atoms with van der Waals surface area (Å²) >= 11 is 0. The molecule has 1 heterocycles. The van der Waals surface area contributed by atoms with Crippen molar-refractivity contribution in [2.24, 2.45) is 7.05 Å². The zero-order valence-electron chi connectivity index (χ0n) is 15.9. The van der Waals surface area contributed by atoms with E-state index < -0.39 is 0 Å². The lowest BCUT2D eigenvalue weighted by molar-refractivity contribution is -0.660. The smallest absolute Gasteiger partial charge is 0.201 e. The Balaban J connectivity index is 2.10. The summed E-state index contributed by atoms with van der Waals surface area (Å²) in [4.78, 5) is 0. The summed E-state index contributed by atoms with van der Waals surface area (Å²) in [7, 11) is 2.13. The van der Waals surface area contributed by atoms with Gasteiger partial charge in [0.1, 0.15) is 7.05 Å². The normalized spacial score (nSPS) is 14.3. The maximum Gasteiger partial charge on any atom is 0.212 e. The Labute approximate surface area is 151 Å². The summed E-state index contributed by atoms with van der Waals surface area (Å²) in [6, 6.07) is 17.8. The summed E-state index contributed by atoms with van der Waals surface area (Å²) in [5, 5.41) is 0. The van der Waals surface area contributed by atoms with Gasteiger partial charge in [-0.25, -0.2) is 4.57 Å². The molecular formula is C24H26N+. The van der Waals surface area contributed by atoms with E-state index in [1.165, 1.54) is 44.6 Å². The van der Waals surface area contributed by atoms with Gasteiger partial charge in [-0.3, -0.25) is 0 Å². The van der Waals surface area contributed by atoms with Crippen molar-refractivity contribution in [1.29, 1.82) is 0 Å². The molecule has 0 amide bonds. The third-order valence-corrected chi connectivity index (χ3v) is 5.94. The summed E-state index contributed by atoms with van der Waals surface area (Å²) in [5.74, 6) is 0. The number of rotatable bonds is 2. The SMILES string of the molecule is CCc1c(C)c(-c2cccc[n+]2C)cc2c1-c1ccccc1C2(C)C. The van der Waals surface area contributed by atoms with Crippen LogP contribution in [0.4, 0.5) is 0 Å². The number of hydrogen-bond donors (Lipinski definition) is 0. The second-order valence-corrected chi connectivity index (χ2v) is 7.67. The highest BCUT2D eigenvalue weighted by molar-refractivity contribution is 5.87. The molecule has 0 bridgehead atoms. The molecule has 0 fully saturated rings. The van der Waals surface area contributed by atoms with Crippen molar-refractivity contribution in [3.8, 4) is 22.4 Å². The van der Waals surface area contributed by atoms with E-state index in [9.17, 15) is 0 Å². The van der Waals surface area contributed by atoms with Crippen molar-refractivity contribution in [2.75, 3.05) is 0 Å². The first-order chi connectivity index (χ1) is 12.0. The largest absolute Gasteiger partial charge is 0.212 e. The molecule has 25 heavy (non-hydrogen) atoms. The van der Waals surface area contributed by atoms with Crippen molar-refractivity contribution in [2.45, 2.75) is 39.5 Å². The fraction of sp³-hybridized carbons (Fsp3) is 0.292. The van der Waals surface area contributed by atoms with E-state index in [-0.39, 0.29) is 5.41 Å². The summed E-state index contributed by atoms with van der Waals surface area (Å²) in [6.45, 7) is 9.29. The van der Waals surface area contributed by atoms with Crippen LogP contribution >= 0.6 is 0 Å². The molecular weight excluding hydrogens is 302 g/mol. The number of benzene rings is 2. The average Bonchev–Trinajstić information content (AvgIpc) is 2.83. The predicted octanol–water partition coefficient (Wildman–Crippen LogP) is 5.36. The second kappa shape index (κ2) is 5.56. The van der Waals surface area contributed by atoms with E-state index in [1.807, 2.05) is 0 Å². The van der Waals surface area contributed by atoms with Gasteiger partial charge in [0.2, 0.25) is 5.69 Å². The minimum atomic E-state index is 0.0473. The monoisotopic (exact) mass is 328 g/mol. The summed E-state index contributed by atoms with van der Waals surface area (Å²) in [6.07, 6.45) is 3.19. The van der Waals surface area contributed by atoms with Crippen LogP contribution in [0.2, 0.25) is 0 Å². The molecule has 126 valence electrons. The first-order valence-corrected chi connectivity index (χ1v) is 9.18. The van der Waals surface area contributed by atoms with E-state index in [1.54, 1.807) is 0 Å². The standard InChI is InChI=1S/C24H26N/c1-6-17-16(2)19(22-13-9-10-14-25(22)5)15-21-23(17)18-11-7-8-12-20(18)24(21,3)4/h7-15H,6H2,1-5H3/q+1. The van der Waals surface area contributed by atoms with Gasteiger partial charge in [0, 0.05) is 23.1 Å². The lowest BCUT2D eigenvalue weighted by Gasteiger charge is -2.23. The van der Waals surface area contributed by atoms with Crippen LogP contribution in [0.15, 0.2) is 54.7 Å². The van der Waals surface area contributed by atoms with Gasteiger partial charge in [-0.05, 0) is 58.9 Å². The average molecular weight is 328 g/mol. The molecule has 0 saturated heterocycles. The molecule has 1 heteroatoms. The van der Waals surface area contributed by atoms with Crippen molar-refractivity contribution in [3.63, 3.8) is 0 Å². The number of aromatic nitrogens is 1. The quantitative estimate of drug-likeness (QED) is 0.558. The Hall–Kier alpha value is -2.41. The van der Waals surface area contributed by atoms with E-state index in [0.717, 1.165) is 6.42 Å². The van der Waals surface area contributed by atoms with Crippen molar-refractivity contribution < 1.29 is 4.57 Å². The number of hydrogen-bond acceptors (Lipinski definition) is 0. The highest BCUT2D eigenvalue weighted by atomic mass is 14.9. The summed E-state index contributed by atoms with van der Waals surface area (Å²) in [5.41, 5.74) is 11.4. The van der Waals surface area contributed by atoms with Crippen LogP contribution in [0, 0.1) is 6.92 Å². The topological polar surface area (TPSA) is 3.88 Å². The Bertz CT molecular complexity index is 979. The Morgan fingerprint density at radius 3 is 2.36 bits per heavy atom. The Morgan fingerprint density at radius 2 is 1.64 bits per heavy atom. The molecule has 0 N–H and O–H groups in total. The van der Waals surface area contributed by atoms with Gasteiger partial charge in [-0.1, -0.05) is 45.0 Å². The molecule has 1 aromatic heterocycles. The van der Waals surface area contributed by atoms with Gasteiger partial charge < -0.3 is 0 Å². The second-order valence-electron chi connectivity index (χ2n) is 7.67. The van der Waals surface area contributed by atoms with Gasteiger partial charge in [-0.15, -0.1) is 0 Å². The maximum absolute atomic E-state index is 2.44. The highest BCUT2D eigenvalue weighted by Gasteiger charge is 2.38. The predicted molar refractivity (Wildman–Crippen MR) is 105 cm³/mol. The van der Waals surface area contributed by atoms with Crippen LogP contribution in [0.25, 0.3) is 22.4 Å². The van der Waals surface area contributed by atoms with E-state index in [2.05, 4.69) is 94.0 Å². The lowest BCUT2D eigenvalue weighted by atomic mass is 9.80. The molecule has 1 aliphatic carbocycles. The highest BCUT2D eigenvalue weighted by Crippen LogP contribution is 2.52. The van der Waals surface area contributed by atoms with Crippen LogP contribution in [0.1, 0.15) is 43.0 Å². The Kier molecular flexibility index (Phi) is 3.57. The molecule has 0 saturated carbocycles. The van der Waals surface area contributed by atoms with E-state index in [0.29, 0.717) is 0 Å². The molecule has 0 aliphatic heterocycles. The van der Waals surface area contributed by atoms with Crippen molar-refractivity contribution >= 4 is 0 Å². The van der Waals surface area contributed by atoms with E-state index >= 15 is 0 Å². The van der Waals surface area contributed by atoms with Gasteiger partial charge in [0.15, 0.2) is 6.20 Å². The first-order valence-electron chi connectivity index (χ1n) is 9.18. The number of fused-ring (bicyclic) bond motifs is 3. The third-order valence-electron chi connectivity index (χ3n) is 5.94. The van der Waals surface area contributed by atoms with Crippen molar-refractivity contribution in [3.05, 3.63) is 77.0 Å². The molecule has 0 spiro atoms. The number of pyridine rings is 1. The molecule has 0 radical (unpaired) electrons. The first kappa shape index (κ1) is 16.1. The molecule has 2 aromatic carbocycles. The van der Waals surface area contributed by atoms with Gasteiger partial charge in [0.05, 0.1) is 0 Å². The third kappa shape index (κ3) is 2.18. The van der Waals surface area contributed by atoms with Gasteiger partial charge in [-0.2, -0.15) is 0 Å². The minimum Gasteiger partial charge on any atom is -0.201 e. The van der Waals surface area contributed by atoms with E-state index in [4.69, 9.17) is 0 Å². The zero-order chi connectivity index (χ0) is 17.8. The number of aryl methyl sites for hydroxylation is 1. The fourth-order valence-electron chi connectivity index (χ4n) is 4.54. The van der Waals surface area contributed by atoms with Crippen molar-refractivity contribution in [1.82, 2.24) is 0 Å². The molecule has 0 atom stereocenters. The zero-order valence-corrected chi connectivity index (χ0v) is 15.9. The molecule has 4 rings (SSSR count). The molecule has 1 aliphatic rings. The molecule has 1 nitrogen and oxygen atoms in total. The van der Waals surface area contributed by atoms with Crippen LogP contribution in [0.5, 0.6) is 0 Å². The minimum absolute atomic E-state index is 0.0473. The molecule has 0 unspecified atom stereocenters.